The second kappa shape index (κ2) is 21.8. The van der Waals surface area contributed by atoms with E-state index in [1.54, 1.807) is 4.70 Å². The van der Waals surface area contributed by atoms with Crippen LogP contribution < -0.4 is 0 Å². The summed E-state index contributed by atoms with van der Waals surface area (Å²) in [6, 6.07) is 18.1. The molecule has 2 aromatic rings. The van der Waals surface area contributed by atoms with Gasteiger partial charge in [0.1, 0.15) is 0 Å². The molecule has 1 heterocycles. The van der Waals surface area contributed by atoms with Crippen molar-refractivity contribution in [2.75, 3.05) is 0 Å². The summed E-state index contributed by atoms with van der Waals surface area (Å²) in [4.78, 5) is 0. The molecule has 1 aliphatic rings. The molecule has 0 saturated heterocycles. The van der Waals surface area contributed by atoms with Gasteiger partial charge in [-0.2, -0.15) is 0 Å². The van der Waals surface area contributed by atoms with Gasteiger partial charge in [-0.15, -0.1) is 0 Å². The first-order chi connectivity index (χ1) is 20.6. The van der Waals surface area contributed by atoms with E-state index in [1.807, 2.05) is 0 Å². The molecule has 0 aliphatic carbocycles. The molecule has 0 fully saturated rings. The van der Waals surface area contributed by atoms with Crippen molar-refractivity contribution < 1.29 is 25.1 Å². The van der Waals surface area contributed by atoms with E-state index < -0.39 is 0 Å². The smallest absolute Gasteiger partial charge is 0.211 e. The van der Waals surface area contributed by atoms with Crippen LogP contribution in [0.5, 0.6) is 0 Å². The number of allylic oxidation sites excluding steroid dienone is 2. The van der Waals surface area contributed by atoms with E-state index in [0.29, 0.717) is 0 Å². The molecule has 0 radical (unpaired) electrons. The van der Waals surface area contributed by atoms with E-state index in [1.165, 1.54) is 136 Å². The molecule has 0 spiro atoms. The van der Waals surface area contributed by atoms with Crippen molar-refractivity contribution in [2.45, 2.75) is 156 Å². The Bertz CT molecular complexity index is 1160. The van der Waals surface area contributed by atoms with Crippen LogP contribution in [0.4, 0.5) is 0 Å². The first kappa shape index (κ1) is 37.4. The molecule has 2 aromatic carbocycles. The number of unbranched alkanes of at least 4 members (excludes halogenated alkanes) is 12. The molecule has 2 nitrogen and oxygen atoms in total. The molecular formula is C40H60N2Pd. The number of hydrogen-bond donors (Lipinski definition) is 0. The summed E-state index contributed by atoms with van der Waals surface area (Å²) in [5.41, 5.74) is 22.1. The van der Waals surface area contributed by atoms with Gasteiger partial charge in [-0.3, -0.25) is 0 Å². The Morgan fingerprint density at radius 2 is 0.814 bits per heavy atom. The first-order valence-electron chi connectivity index (χ1n) is 17.8. The Morgan fingerprint density at radius 3 is 1.26 bits per heavy atom. The van der Waals surface area contributed by atoms with E-state index in [4.69, 9.17) is 0 Å². The Balaban J connectivity index is 0.00000645. The number of benzene rings is 2. The molecule has 240 valence electrons. The minimum atomic E-state index is 0. The van der Waals surface area contributed by atoms with Gasteiger partial charge in [0.2, 0.25) is 11.4 Å². The van der Waals surface area contributed by atoms with Gasteiger partial charge in [0.25, 0.3) is 0 Å². The molecule has 0 unspecified atom stereocenters. The normalized spacial score (nSPS) is 13.3. The van der Waals surface area contributed by atoms with Crippen LogP contribution in [0.15, 0.2) is 59.7 Å². The van der Waals surface area contributed by atoms with Crippen LogP contribution in [0, 0.1) is 0 Å². The van der Waals surface area contributed by atoms with Crippen LogP contribution in [-0.2, 0) is 33.3 Å². The Labute approximate surface area is 279 Å². The van der Waals surface area contributed by atoms with Gasteiger partial charge in [0.15, 0.2) is 0 Å². The second-order valence-electron chi connectivity index (χ2n) is 12.6. The van der Waals surface area contributed by atoms with Crippen LogP contribution in [0.2, 0.25) is 0 Å². The van der Waals surface area contributed by atoms with Gasteiger partial charge in [-0.1, -0.05) is 129 Å². The van der Waals surface area contributed by atoms with E-state index in [9.17, 15) is 5.53 Å². The van der Waals surface area contributed by atoms with Crippen molar-refractivity contribution >= 4 is 11.4 Å². The molecule has 0 bridgehead atoms. The molecule has 3 heteroatoms. The third-order valence-corrected chi connectivity index (χ3v) is 8.96. The van der Waals surface area contributed by atoms with Gasteiger partial charge in [-0.25, -0.2) is 4.70 Å². The van der Waals surface area contributed by atoms with Crippen LogP contribution in [0.3, 0.4) is 0 Å². The molecule has 1 aliphatic heterocycles. The maximum absolute atomic E-state index is 12.1. The molecular weight excluding hydrogens is 615 g/mol. The number of rotatable bonds is 22. The zero-order valence-corrected chi connectivity index (χ0v) is 29.5. The average Bonchev–Trinajstić information content (AvgIpc) is 3.28. The van der Waals surface area contributed by atoms with Crippen molar-refractivity contribution in [2.24, 2.45) is 0 Å². The van der Waals surface area contributed by atoms with Gasteiger partial charge in [-0.05, 0) is 86.8 Å². The van der Waals surface area contributed by atoms with E-state index in [0.717, 1.165) is 37.1 Å². The predicted octanol–water partition coefficient (Wildman–Crippen LogP) is 13.0. The third kappa shape index (κ3) is 11.9. The van der Waals surface area contributed by atoms with E-state index in [-0.39, 0.29) is 20.4 Å². The summed E-state index contributed by atoms with van der Waals surface area (Å²) >= 11 is 0. The average molecular weight is 675 g/mol. The minimum Gasteiger partial charge on any atom is -0.493 e. The van der Waals surface area contributed by atoms with Crippen molar-refractivity contribution in [3.63, 3.8) is 0 Å². The maximum atomic E-state index is 12.1. The van der Waals surface area contributed by atoms with E-state index in [2.05, 4.69) is 76.2 Å². The third-order valence-electron chi connectivity index (χ3n) is 8.96. The van der Waals surface area contributed by atoms with Crippen LogP contribution in [-0.4, -0.2) is 4.70 Å². The predicted molar refractivity (Wildman–Crippen MR) is 184 cm³/mol. The Hall–Kier alpha value is -1.82. The zero-order chi connectivity index (χ0) is 30.0. The van der Waals surface area contributed by atoms with Gasteiger partial charge >= 0.3 is 0 Å². The van der Waals surface area contributed by atoms with Crippen LogP contribution in [0.1, 0.15) is 166 Å². The standard InChI is InChI=1S/C40H60N2.Pd/c1-5-9-13-15-16-20-30-38-37(29-19-14-10-6-2)39(35-27-21-25-33(31-35)23-17-11-7-3)42(41)40(38)36-28-22-26-34(32-36)24-18-12-8-4;/h21-22,25-28,31-32H,5-20,23-24,29-30H2,1-4H3;. The monoisotopic (exact) mass is 674 g/mol. The summed E-state index contributed by atoms with van der Waals surface area (Å²) in [5, 5.41) is 0. The Morgan fingerprint density at radius 1 is 0.465 bits per heavy atom. The molecule has 0 N–H and O–H groups in total. The number of nitrogens with zero attached hydrogens (tertiary/aromatic N) is 2. The SMILES string of the molecule is CCCCCCCCC1=C(c2cccc(CCCCC)c2)[N+](=[N-])C(c2cccc(CCCCC)c2)=C1CCCCCC.[Pd]. The fraction of sp³-hybridized carbons (Fsp3) is 0.600. The summed E-state index contributed by atoms with van der Waals surface area (Å²) in [7, 11) is 0. The zero-order valence-electron chi connectivity index (χ0n) is 28.0. The van der Waals surface area contributed by atoms with Crippen molar-refractivity contribution in [3.05, 3.63) is 87.5 Å². The summed E-state index contributed by atoms with van der Waals surface area (Å²) in [5.74, 6) is 0. The molecule has 0 aromatic heterocycles. The molecule has 0 amide bonds. The Kier molecular flexibility index (Phi) is 19.0. The topological polar surface area (TPSA) is 25.3 Å². The maximum Gasteiger partial charge on any atom is 0.211 e. The fourth-order valence-corrected chi connectivity index (χ4v) is 6.50. The molecule has 3 rings (SSSR count). The summed E-state index contributed by atoms with van der Waals surface area (Å²) < 4.78 is 1.60. The minimum absolute atomic E-state index is 0. The largest absolute Gasteiger partial charge is 0.493 e. The van der Waals surface area contributed by atoms with Gasteiger partial charge in [0, 0.05) is 42.7 Å². The molecule has 0 atom stereocenters. The summed E-state index contributed by atoms with van der Waals surface area (Å²) in [6.45, 7) is 9.12. The fourth-order valence-electron chi connectivity index (χ4n) is 6.50. The molecule has 43 heavy (non-hydrogen) atoms. The van der Waals surface area contributed by atoms with Crippen molar-refractivity contribution in [1.29, 1.82) is 0 Å². The second-order valence-corrected chi connectivity index (χ2v) is 12.6. The first-order valence-corrected chi connectivity index (χ1v) is 17.8. The quantitative estimate of drug-likeness (QED) is 0.0675. The summed E-state index contributed by atoms with van der Waals surface area (Å²) in [6.07, 6.45) is 24.5. The molecule has 0 saturated carbocycles. The number of aryl methyl sites for hydroxylation is 2. The van der Waals surface area contributed by atoms with Gasteiger partial charge < -0.3 is 5.53 Å². The van der Waals surface area contributed by atoms with Crippen molar-refractivity contribution in [1.82, 2.24) is 0 Å². The van der Waals surface area contributed by atoms with Crippen LogP contribution >= 0.6 is 0 Å². The number of hydrogen-bond acceptors (Lipinski definition) is 0. The van der Waals surface area contributed by atoms with Crippen LogP contribution in [0.25, 0.3) is 16.9 Å². The van der Waals surface area contributed by atoms with Crippen molar-refractivity contribution in [3.8, 4) is 0 Å². The van der Waals surface area contributed by atoms with E-state index >= 15 is 0 Å². The van der Waals surface area contributed by atoms with Gasteiger partial charge in [0.05, 0.1) is 0 Å².